The third-order valence-corrected chi connectivity index (χ3v) is 5.67. The van der Waals surface area contributed by atoms with E-state index in [1.165, 1.54) is 36.4 Å². The molecule has 0 aliphatic carbocycles. The molecule has 1 heterocycles. The number of nitrogens with one attached hydrogen (secondary N) is 2. The van der Waals surface area contributed by atoms with Gasteiger partial charge >= 0.3 is 0 Å². The molecular weight excluding hydrogens is 409 g/mol. The van der Waals surface area contributed by atoms with Gasteiger partial charge < -0.3 is 9.73 Å². The molecule has 3 aromatic carbocycles. The molecule has 0 aliphatic heterocycles. The fourth-order valence-corrected chi connectivity index (χ4v) is 3.90. The SMILES string of the molecule is Cc1nc2cc(NC(=O)c3ccc(S(=O)(=O)Nc4ccc(F)cc4)cc3)ccc2o1. The number of aryl methyl sites for hydroxylation is 1. The summed E-state index contributed by atoms with van der Waals surface area (Å²) in [6, 6.07) is 15.5. The van der Waals surface area contributed by atoms with Gasteiger partial charge in [-0.2, -0.15) is 0 Å². The van der Waals surface area contributed by atoms with Gasteiger partial charge in [0.2, 0.25) is 0 Å². The predicted octanol–water partition coefficient (Wildman–Crippen LogP) is 4.33. The lowest BCUT2D eigenvalue weighted by molar-refractivity contribution is 0.102. The molecule has 0 atom stereocenters. The monoisotopic (exact) mass is 425 g/mol. The van der Waals surface area contributed by atoms with E-state index < -0.39 is 21.7 Å². The van der Waals surface area contributed by atoms with E-state index >= 15 is 0 Å². The van der Waals surface area contributed by atoms with Crippen LogP contribution in [0, 0.1) is 12.7 Å². The van der Waals surface area contributed by atoms with Crippen molar-refractivity contribution in [1.29, 1.82) is 0 Å². The molecule has 0 aliphatic rings. The minimum Gasteiger partial charge on any atom is -0.441 e. The minimum atomic E-state index is -3.87. The lowest BCUT2D eigenvalue weighted by Gasteiger charge is -2.09. The molecule has 1 amide bonds. The smallest absolute Gasteiger partial charge is 0.261 e. The van der Waals surface area contributed by atoms with E-state index in [0.717, 1.165) is 12.1 Å². The van der Waals surface area contributed by atoms with Gasteiger partial charge in [0, 0.05) is 23.9 Å². The maximum Gasteiger partial charge on any atom is 0.261 e. The topological polar surface area (TPSA) is 101 Å². The number of anilines is 2. The molecular formula is C21H16FN3O4S. The van der Waals surface area contributed by atoms with E-state index in [1.54, 1.807) is 25.1 Å². The summed E-state index contributed by atoms with van der Waals surface area (Å²) >= 11 is 0. The van der Waals surface area contributed by atoms with Crippen molar-refractivity contribution in [3.05, 3.63) is 84.0 Å². The van der Waals surface area contributed by atoms with Crippen molar-refractivity contribution < 1.29 is 22.0 Å². The van der Waals surface area contributed by atoms with Gasteiger partial charge in [0.15, 0.2) is 11.5 Å². The van der Waals surface area contributed by atoms with Crippen molar-refractivity contribution in [3.8, 4) is 0 Å². The summed E-state index contributed by atoms with van der Waals surface area (Å²) in [5.41, 5.74) is 2.30. The number of amides is 1. The van der Waals surface area contributed by atoms with Gasteiger partial charge in [0.25, 0.3) is 15.9 Å². The summed E-state index contributed by atoms with van der Waals surface area (Å²) < 4.78 is 45.7. The van der Waals surface area contributed by atoms with Crippen molar-refractivity contribution in [2.24, 2.45) is 0 Å². The number of carbonyl (C=O) groups is 1. The first-order chi connectivity index (χ1) is 14.3. The number of sulfonamides is 1. The summed E-state index contributed by atoms with van der Waals surface area (Å²) in [6.45, 7) is 1.73. The number of halogens is 1. The molecule has 0 bridgehead atoms. The van der Waals surface area contributed by atoms with E-state index in [0.29, 0.717) is 22.7 Å². The van der Waals surface area contributed by atoms with E-state index in [9.17, 15) is 17.6 Å². The first-order valence-electron chi connectivity index (χ1n) is 8.87. The second-order valence-electron chi connectivity index (χ2n) is 6.51. The van der Waals surface area contributed by atoms with Crippen LogP contribution in [0.4, 0.5) is 15.8 Å². The molecule has 0 unspecified atom stereocenters. The van der Waals surface area contributed by atoms with Gasteiger partial charge in [-0.15, -0.1) is 0 Å². The molecule has 0 spiro atoms. The average Bonchev–Trinajstić information content (AvgIpc) is 3.09. The number of hydrogen-bond acceptors (Lipinski definition) is 5. The molecule has 0 saturated heterocycles. The van der Waals surface area contributed by atoms with Crippen LogP contribution in [0.5, 0.6) is 0 Å². The molecule has 4 rings (SSSR count). The number of carbonyl (C=O) groups excluding carboxylic acids is 1. The number of fused-ring (bicyclic) bond motifs is 1. The first-order valence-corrected chi connectivity index (χ1v) is 10.4. The van der Waals surface area contributed by atoms with E-state index in [-0.39, 0.29) is 16.1 Å². The largest absolute Gasteiger partial charge is 0.441 e. The third-order valence-electron chi connectivity index (χ3n) is 4.28. The Labute approximate surface area is 171 Å². The third kappa shape index (κ3) is 4.15. The van der Waals surface area contributed by atoms with Crippen molar-refractivity contribution in [2.75, 3.05) is 10.0 Å². The highest BCUT2D eigenvalue weighted by molar-refractivity contribution is 7.92. The van der Waals surface area contributed by atoms with Crippen LogP contribution in [0.25, 0.3) is 11.1 Å². The summed E-state index contributed by atoms with van der Waals surface area (Å²) in [4.78, 5) is 16.7. The van der Waals surface area contributed by atoms with Crippen LogP contribution < -0.4 is 10.0 Å². The molecule has 7 nitrogen and oxygen atoms in total. The highest BCUT2D eigenvalue weighted by Gasteiger charge is 2.16. The molecule has 0 radical (unpaired) electrons. The van der Waals surface area contributed by atoms with Crippen molar-refractivity contribution in [2.45, 2.75) is 11.8 Å². The van der Waals surface area contributed by atoms with Crippen LogP contribution in [-0.4, -0.2) is 19.3 Å². The maximum atomic E-state index is 13.0. The van der Waals surface area contributed by atoms with Gasteiger partial charge in [-0.1, -0.05) is 0 Å². The zero-order valence-corrected chi connectivity index (χ0v) is 16.5. The summed E-state index contributed by atoms with van der Waals surface area (Å²) in [5, 5.41) is 2.74. The zero-order valence-electron chi connectivity index (χ0n) is 15.7. The molecule has 4 aromatic rings. The van der Waals surface area contributed by atoms with Crippen LogP contribution >= 0.6 is 0 Å². The Morgan fingerprint density at radius 3 is 2.33 bits per heavy atom. The zero-order chi connectivity index (χ0) is 21.3. The van der Waals surface area contributed by atoms with Gasteiger partial charge in [-0.3, -0.25) is 9.52 Å². The standard InChI is InChI=1S/C21H16FN3O4S/c1-13-23-19-12-17(8-11-20(19)29-13)24-21(26)14-2-9-18(10-3-14)30(27,28)25-16-6-4-15(22)5-7-16/h2-12,25H,1H3,(H,24,26). The minimum absolute atomic E-state index is 0.0251. The van der Waals surface area contributed by atoms with Gasteiger partial charge in [-0.05, 0) is 66.7 Å². The molecule has 9 heteroatoms. The number of nitrogens with zero attached hydrogens (tertiary/aromatic N) is 1. The quantitative estimate of drug-likeness (QED) is 0.496. The first kappa shape index (κ1) is 19.6. The highest BCUT2D eigenvalue weighted by atomic mass is 32.2. The Balaban J connectivity index is 1.48. The lowest BCUT2D eigenvalue weighted by atomic mass is 10.2. The van der Waals surface area contributed by atoms with Crippen molar-refractivity contribution in [3.63, 3.8) is 0 Å². The molecule has 0 saturated carbocycles. The van der Waals surface area contributed by atoms with Crippen LogP contribution in [0.3, 0.4) is 0 Å². The van der Waals surface area contributed by atoms with Gasteiger partial charge in [-0.25, -0.2) is 17.8 Å². The summed E-state index contributed by atoms with van der Waals surface area (Å²) in [7, 11) is -3.87. The fraction of sp³-hybridized carbons (Fsp3) is 0.0476. The molecule has 30 heavy (non-hydrogen) atoms. The number of oxazole rings is 1. The second-order valence-corrected chi connectivity index (χ2v) is 8.19. The molecule has 1 aromatic heterocycles. The highest BCUT2D eigenvalue weighted by Crippen LogP contribution is 2.21. The van der Waals surface area contributed by atoms with E-state index in [4.69, 9.17) is 4.42 Å². The summed E-state index contributed by atoms with van der Waals surface area (Å²) in [6.07, 6.45) is 0. The van der Waals surface area contributed by atoms with Gasteiger partial charge in [0.05, 0.1) is 4.90 Å². The molecule has 152 valence electrons. The van der Waals surface area contributed by atoms with Crippen LogP contribution in [0.15, 0.2) is 76.0 Å². The molecule has 2 N–H and O–H groups in total. The van der Waals surface area contributed by atoms with Crippen molar-refractivity contribution in [1.82, 2.24) is 4.98 Å². The number of rotatable bonds is 5. The van der Waals surface area contributed by atoms with E-state index in [1.807, 2.05) is 0 Å². The predicted molar refractivity (Wildman–Crippen MR) is 110 cm³/mol. The van der Waals surface area contributed by atoms with Crippen LogP contribution in [0.1, 0.15) is 16.2 Å². The molecule has 0 fully saturated rings. The Morgan fingerprint density at radius 1 is 0.967 bits per heavy atom. The number of benzene rings is 3. The van der Waals surface area contributed by atoms with Crippen molar-refractivity contribution >= 4 is 38.4 Å². The fourth-order valence-electron chi connectivity index (χ4n) is 2.84. The Bertz CT molecular complexity index is 1330. The second kappa shape index (κ2) is 7.60. The Hall–Kier alpha value is -3.72. The average molecular weight is 425 g/mol. The number of aromatic nitrogens is 1. The summed E-state index contributed by atoms with van der Waals surface area (Å²) in [5.74, 6) is -0.337. The van der Waals surface area contributed by atoms with E-state index in [2.05, 4.69) is 15.0 Å². The van der Waals surface area contributed by atoms with Crippen LogP contribution in [0.2, 0.25) is 0 Å². The Morgan fingerprint density at radius 2 is 1.63 bits per heavy atom. The van der Waals surface area contributed by atoms with Crippen LogP contribution in [-0.2, 0) is 10.0 Å². The number of hydrogen-bond donors (Lipinski definition) is 2. The Kier molecular flexibility index (Phi) is 4.96. The van der Waals surface area contributed by atoms with Gasteiger partial charge in [0.1, 0.15) is 11.3 Å². The normalized spacial score (nSPS) is 11.4. The lowest BCUT2D eigenvalue weighted by Crippen LogP contribution is -2.14. The maximum absolute atomic E-state index is 13.0.